The van der Waals surface area contributed by atoms with E-state index in [4.69, 9.17) is 14.1 Å². The van der Waals surface area contributed by atoms with Crippen LogP contribution in [-0.4, -0.2) is 65.2 Å². The minimum Gasteiger partial charge on any atom is -0.486 e. The van der Waals surface area contributed by atoms with Crippen LogP contribution in [0.5, 0.6) is 5.75 Å². The lowest BCUT2D eigenvalue weighted by Crippen LogP contribution is -2.46. The molecule has 0 spiro atoms. The molecule has 2 aromatic heterocycles. The van der Waals surface area contributed by atoms with Gasteiger partial charge in [-0.2, -0.15) is 0 Å². The number of carbonyl (C=O) groups is 1. The lowest BCUT2D eigenvalue weighted by atomic mass is 10.1. The summed E-state index contributed by atoms with van der Waals surface area (Å²) in [6, 6.07) is 26.1. The second-order valence-electron chi connectivity index (χ2n) is 10.3. The minimum absolute atomic E-state index is 0.0266. The van der Waals surface area contributed by atoms with Crippen LogP contribution in [0.4, 0.5) is 0 Å². The first kappa shape index (κ1) is 26.7. The average molecular weight is 550 g/mol. The maximum Gasteiger partial charge on any atom is 0.335 e. The molecular weight excluding hydrogens is 518 g/mol. The molecule has 3 aromatic carbocycles. The summed E-state index contributed by atoms with van der Waals surface area (Å²) < 4.78 is 12.1. The van der Waals surface area contributed by atoms with Gasteiger partial charge < -0.3 is 19.2 Å². The second kappa shape index (κ2) is 11.9. The van der Waals surface area contributed by atoms with Gasteiger partial charge in [-0.1, -0.05) is 54.6 Å². The second-order valence-corrected chi connectivity index (χ2v) is 10.3. The van der Waals surface area contributed by atoms with E-state index in [0.717, 1.165) is 67.8 Å². The van der Waals surface area contributed by atoms with Crippen molar-refractivity contribution in [2.45, 2.75) is 13.0 Å². The standard InChI is InChI=1S/C33H31N3O5/c37-30-27-21-25(33(38)39)12-14-29(27)41-31(24-8-2-1-3-9-24)32(30)40-20-6-15-35-16-18-36(19-17-35)22-26-13-11-23-7-4-5-10-28(23)34-26/h1-5,7-14,21H,6,15-20,22H2,(H,38,39). The smallest absolute Gasteiger partial charge is 0.335 e. The Bertz CT molecular complexity index is 1740. The largest absolute Gasteiger partial charge is 0.486 e. The van der Waals surface area contributed by atoms with E-state index in [1.807, 2.05) is 42.5 Å². The molecule has 0 unspecified atom stereocenters. The van der Waals surface area contributed by atoms with Crippen molar-refractivity contribution in [2.75, 3.05) is 39.3 Å². The van der Waals surface area contributed by atoms with E-state index in [1.54, 1.807) is 0 Å². The Morgan fingerprint density at radius 2 is 1.66 bits per heavy atom. The van der Waals surface area contributed by atoms with Crippen molar-refractivity contribution >= 4 is 27.8 Å². The van der Waals surface area contributed by atoms with Gasteiger partial charge in [-0.3, -0.25) is 14.7 Å². The summed E-state index contributed by atoms with van der Waals surface area (Å²) in [6.07, 6.45) is 0.743. The molecular formula is C33H31N3O5. The maximum atomic E-state index is 13.5. The molecule has 3 heterocycles. The van der Waals surface area contributed by atoms with Gasteiger partial charge in [-0.25, -0.2) is 4.79 Å². The Morgan fingerprint density at radius 3 is 2.46 bits per heavy atom. The van der Waals surface area contributed by atoms with Crippen molar-refractivity contribution in [3.8, 4) is 17.1 Å². The van der Waals surface area contributed by atoms with Crippen molar-refractivity contribution in [1.29, 1.82) is 0 Å². The number of rotatable bonds is 9. The van der Waals surface area contributed by atoms with Crippen molar-refractivity contribution in [2.24, 2.45) is 0 Å². The van der Waals surface area contributed by atoms with Crippen molar-refractivity contribution in [3.05, 3.63) is 106 Å². The molecule has 0 atom stereocenters. The Hall–Kier alpha value is -4.53. The number of benzene rings is 3. The molecule has 1 N–H and O–H groups in total. The molecule has 5 aromatic rings. The van der Waals surface area contributed by atoms with Gasteiger partial charge in [0, 0.05) is 50.2 Å². The molecule has 1 aliphatic rings. The van der Waals surface area contributed by atoms with E-state index in [0.29, 0.717) is 18.0 Å². The lowest BCUT2D eigenvalue weighted by Gasteiger charge is -2.34. The average Bonchev–Trinajstić information content (AvgIpc) is 3.01. The Kier molecular flexibility index (Phi) is 7.75. The molecule has 8 nitrogen and oxygen atoms in total. The predicted octanol–water partition coefficient (Wildman–Crippen LogP) is 5.29. The van der Waals surface area contributed by atoms with Gasteiger partial charge in [0.1, 0.15) is 5.58 Å². The first-order valence-electron chi connectivity index (χ1n) is 13.9. The van der Waals surface area contributed by atoms with Crippen LogP contribution in [0.15, 0.2) is 94.1 Å². The summed E-state index contributed by atoms with van der Waals surface area (Å²) in [7, 11) is 0. The van der Waals surface area contributed by atoms with E-state index in [2.05, 4.69) is 34.1 Å². The number of hydrogen-bond donors (Lipinski definition) is 1. The first-order valence-corrected chi connectivity index (χ1v) is 13.9. The fourth-order valence-corrected chi connectivity index (χ4v) is 5.28. The number of carboxylic acids is 1. The highest BCUT2D eigenvalue weighted by Gasteiger charge is 2.20. The number of nitrogens with zero attached hydrogens (tertiary/aromatic N) is 3. The lowest BCUT2D eigenvalue weighted by molar-refractivity contribution is 0.0697. The van der Waals surface area contributed by atoms with Crippen LogP contribution >= 0.6 is 0 Å². The summed E-state index contributed by atoms with van der Waals surface area (Å²) >= 11 is 0. The third-order valence-electron chi connectivity index (χ3n) is 7.50. The van der Waals surface area contributed by atoms with Crippen molar-refractivity contribution in [1.82, 2.24) is 14.8 Å². The van der Waals surface area contributed by atoms with Gasteiger partial charge in [-0.05, 0) is 36.8 Å². The van der Waals surface area contributed by atoms with Crippen molar-refractivity contribution < 1.29 is 19.1 Å². The maximum absolute atomic E-state index is 13.5. The summed E-state index contributed by atoms with van der Waals surface area (Å²) in [6.45, 7) is 5.88. The highest BCUT2D eigenvalue weighted by atomic mass is 16.5. The fraction of sp³-hybridized carbons (Fsp3) is 0.242. The van der Waals surface area contributed by atoms with E-state index >= 15 is 0 Å². The SMILES string of the molecule is O=C(O)c1ccc2oc(-c3ccccc3)c(OCCCN3CCN(Cc4ccc5ccccc5n4)CC3)c(=O)c2c1. The third kappa shape index (κ3) is 5.99. The van der Waals surface area contributed by atoms with Gasteiger partial charge in [0.2, 0.25) is 11.2 Å². The summed E-state index contributed by atoms with van der Waals surface area (Å²) in [5.74, 6) is -0.643. The normalized spacial score (nSPS) is 14.4. The van der Waals surface area contributed by atoms with E-state index < -0.39 is 5.97 Å². The Balaban J connectivity index is 1.08. The molecule has 208 valence electrons. The number of aromatic nitrogens is 1. The number of aromatic carboxylic acids is 1. The van der Waals surface area contributed by atoms with Crippen molar-refractivity contribution in [3.63, 3.8) is 0 Å². The predicted molar refractivity (Wildman–Crippen MR) is 158 cm³/mol. The number of fused-ring (bicyclic) bond motifs is 2. The minimum atomic E-state index is -1.10. The molecule has 0 saturated carbocycles. The van der Waals surface area contributed by atoms with Crippen LogP contribution in [0.25, 0.3) is 33.2 Å². The number of hydrogen-bond acceptors (Lipinski definition) is 7. The highest BCUT2D eigenvalue weighted by molar-refractivity contribution is 5.93. The number of pyridine rings is 1. The summed E-state index contributed by atoms with van der Waals surface area (Å²) in [5.41, 5.74) is 2.82. The number of para-hydroxylation sites is 1. The van der Waals surface area contributed by atoms with Crippen LogP contribution in [0.3, 0.4) is 0 Å². The van der Waals surface area contributed by atoms with E-state index in [9.17, 15) is 14.7 Å². The van der Waals surface area contributed by atoms with Gasteiger partial charge in [0.25, 0.3) is 0 Å². The Labute approximate surface area is 237 Å². The first-order chi connectivity index (χ1) is 20.0. The summed E-state index contributed by atoms with van der Waals surface area (Å²) in [4.78, 5) is 34.6. The van der Waals surface area contributed by atoms with Crippen LogP contribution in [0, 0.1) is 0 Å². The van der Waals surface area contributed by atoms with Gasteiger partial charge in [-0.15, -0.1) is 0 Å². The monoisotopic (exact) mass is 549 g/mol. The highest BCUT2D eigenvalue weighted by Crippen LogP contribution is 2.31. The van der Waals surface area contributed by atoms with E-state index in [-0.39, 0.29) is 22.1 Å². The van der Waals surface area contributed by atoms with Crippen LogP contribution < -0.4 is 10.2 Å². The third-order valence-corrected chi connectivity index (χ3v) is 7.50. The Morgan fingerprint density at radius 1 is 0.902 bits per heavy atom. The molecule has 0 bridgehead atoms. The number of ether oxygens (including phenoxy) is 1. The molecule has 1 saturated heterocycles. The summed E-state index contributed by atoms with van der Waals surface area (Å²) in [5, 5.41) is 10.7. The zero-order valence-electron chi connectivity index (χ0n) is 22.7. The number of carboxylic acid groups (broad SMARTS) is 1. The molecule has 8 heteroatoms. The molecule has 1 fully saturated rings. The molecule has 41 heavy (non-hydrogen) atoms. The van der Waals surface area contributed by atoms with Gasteiger partial charge in [0.15, 0.2) is 5.76 Å². The van der Waals surface area contributed by atoms with Gasteiger partial charge in [0.05, 0.1) is 28.8 Å². The van der Waals surface area contributed by atoms with Crippen LogP contribution in [-0.2, 0) is 6.54 Å². The fourth-order valence-electron chi connectivity index (χ4n) is 5.28. The quantitative estimate of drug-likeness (QED) is 0.248. The van der Waals surface area contributed by atoms with E-state index in [1.165, 1.54) is 18.2 Å². The zero-order chi connectivity index (χ0) is 28.2. The van der Waals surface area contributed by atoms with Crippen LogP contribution in [0.2, 0.25) is 0 Å². The molecule has 1 aliphatic heterocycles. The molecule has 0 aliphatic carbocycles. The number of piperazine rings is 1. The molecule has 6 rings (SSSR count). The zero-order valence-corrected chi connectivity index (χ0v) is 22.7. The van der Waals surface area contributed by atoms with Crippen LogP contribution in [0.1, 0.15) is 22.5 Å². The molecule has 0 radical (unpaired) electrons. The van der Waals surface area contributed by atoms with Gasteiger partial charge >= 0.3 is 5.97 Å². The molecule has 0 amide bonds. The topological polar surface area (TPSA) is 96.1 Å².